The van der Waals surface area contributed by atoms with Gasteiger partial charge in [-0.3, -0.25) is 0 Å². The smallest absolute Gasteiger partial charge is 0.239 e. The summed E-state index contributed by atoms with van der Waals surface area (Å²) >= 11 is 1.20. The first-order valence-corrected chi connectivity index (χ1v) is 5.89. The van der Waals surface area contributed by atoms with Crippen LogP contribution in [-0.4, -0.2) is 23.5 Å². The van der Waals surface area contributed by atoms with Crippen molar-refractivity contribution in [1.82, 2.24) is 9.36 Å². The van der Waals surface area contributed by atoms with E-state index in [0.717, 1.165) is 12.3 Å². The van der Waals surface area contributed by atoms with Crippen LogP contribution in [0.25, 0.3) is 0 Å². The van der Waals surface area contributed by atoms with Gasteiger partial charge in [-0.15, -0.1) is 0 Å². The van der Waals surface area contributed by atoms with Gasteiger partial charge in [0.1, 0.15) is 5.75 Å². The van der Waals surface area contributed by atoms with E-state index in [-0.39, 0.29) is 0 Å². The average Bonchev–Trinajstić information content (AvgIpc) is 2.77. The molecule has 0 amide bonds. The lowest BCUT2D eigenvalue weighted by Crippen LogP contribution is -2.17. The monoisotopic (exact) mass is 250 g/mol. The molecular weight excluding hydrogens is 236 g/mol. The Morgan fingerprint density at radius 1 is 1.35 bits per heavy atom. The summed E-state index contributed by atoms with van der Waals surface area (Å²) in [6.07, 6.45) is 0. The number of nitrogen functional groups attached to an aromatic ring is 1. The van der Waals surface area contributed by atoms with Gasteiger partial charge in [0.15, 0.2) is 0 Å². The maximum atomic E-state index is 5.55. The van der Waals surface area contributed by atoms with Crippen LogP contribution in [0.3, 0.4) is 0 Å². The molecule has 0 bridgehead atoms. The summed E-state index contributed by atoms with van der Waals surface area (Å²) < 4.78 is 9.26. The van der Waals surface area contributed by atoms with Gasteiger partial charge in [-0.25, -0.2) is 0 Å². The Morgan fingerprint density at radius 3 is 2.59 bits per heavy atom. The van der Waals surface area contributed by atoms with Gasteiger partial charge in [0.2, 0.25) is 11.1 Å². The minimum absolute atomic E-state index is 0.488. The van der Waals surface area contributed by atoms with Crippen LogP contribution in [0.5, 0.6) is 5.75 Å². The summed E-state index contributed by atoms with van der Waals surface area (Å²) in [5.41, 5.74) is 6.72. The van der Waals surface area contributed by atoms with E-state index in [0.29, 0.717) is 11.1 Å². The topological polar surface area (TPSA) is 64.3 Å². The number of nitrogens with zero attached hydrogens (tertiary/aromatic N) is 3. The lowest BCUT2D eigenvalue weighted by Gasteiger charge is -2.14. The Kier molecular flexibility index (Phi) is 3.43. The lowest BCUT2D eigenvalue weighted by atomic mass is 10.2. The molecule has 0 aliphatic rings. The van der Waals surface area contributed by atoms with Gasteiger partial charge in [0.05, 0.1) is 7.11 Å². The van der Waals surface area contributed by atoms with E-state index in [1.165, 1.54) is 17.1 Å². The zero-order chi connectivity index (χ0) is 12.3. The molecule has 90 valence electrons. The minimum Gasteiger partial charge on any atom is -0.497 e. The quantitative estimate of drug-likeness (QED) is 0.895. The molecule has 0 unspecified atom stereocenters. The van der Waals surface area contributed by atoms with E-state index in [1.807, 2.05) is 36.2 Å². The van der Waals surface area contributed by atoms with Gasteiger partial charge >= 0.3 is 0 Å². The molecular formula is C11H14N4OS. The summed E-state index contributed by atoms with van der Waals surface area (Å²) in [4.78, 5) is 6.08. The average molecular weight is 250 g/mol. The molecule has 5 nitrogen and oxygen atoms in total. The maximum Gasteiger partial charge on any atom is 0.239 e. The molecule has 0 spiro atoms. The van der Waals surface area contributed by atoms with E-state index in [1.54, 1.807) is 7.11 Å². The van der Waals surface area contributed by atoms with Crippen LogP contribution in [0.1, 0.15) is 5.56 Å². The second-order valence-electron chi connectivity index (χ2n) is 3.64. The molecule has 0 atom stereocenters. The van der Waals surface area contributed by atoms with Gasteiger partial charge in [-0.05, 0) is 17.7 Å². The largest absolute Gasteiger partial charge is 0.497 e. The van der Waals surface area contributed by atoms with Crippen molar-refractivity contribution in [2.24, 2.45) is 0 Å². The highest BCUT2D eigenvalue weighted by molar-refractivity contribution is 7.09. The second kappa shape index (κ2) is 5.01. The van der Waals surface area contributed by atoms with Crippen molar-refractivity contribution in [1.29, 1.82) is 0 Å². The van der Waals surface area contributed by atoms with Crippen molar-refractivity contribution in [3.05, 3.63) is 29.8 Å². The Morgan fingerprint density at radius 2 is 2.06 bits per heavy atom. The Hall–Kier alpha value is -1.82. The van der Waals surface area contributed by atoms with Gasteiger partial charge in [-0.1, -0.05) is 12.1 Å². The molecule has 1 aromatic heterocycles. The Bertz CT molecular complexity index is 482. The normalized spacial score (nSPS) is 10.2. The van der Waals surface area contributed by atoms with Crippen LogP contribution in [0.2, 0.25) is 0 Å². The van der Waals surface area contributed by atoms with Crippen LogP contribution in [0.15, 0.2) is 24.3 Å². The lowest BCUT2D eigenvalue weighted by molar-refractivity contribution is 0.414. The molecule has 2 rings (SSSR count). The van der Waals surface area contributed by atoms with Gasteiger partial charge in [0, 0.05) is 25.1 Å². The molecule has 0 radical (unpaired) electrons. The van der Waals surface area contributed by atoms with Crippen LogP contribution < -0.4 is 15.4 Å². The fourth-order valence-corrected chi connectivity index (χ4v) is 1.94. The van der Waals surface area contributed by atoms with E-state index < -0.39 is 0 Å². The number of hydrogen-bond acceptors (Lipinski definition) is 6. The van der Waals surface area contributed by atoms with Crippen molar-refractivity contribution in [2.75, 3.05) is 24.8 Å². The molecule has 1 heterocycles. The molecule has 0 aliphatic carbocycles. The molecule has 1 aromatic carbocycles. The Balaban J connectivity index is 2.04. The van der Waals surface area contributed by atoms with Crippen molar-refractivity contribution in [2.45, 2.75) is 6.54 Å². The van der Waals surface area contributed by atoms with E-state index >= 15 is 0 Å². The number of hydrogen-bond donors (Lipinski definition) is 1. The van der Waals surface area contributed by atoms with Crippen molar-refractivity contribution in [3.8, 4) is 5.75 Å². The van der Waals surface area contributed by atoms with Crippen molar-refractivity contribution < 1.29 is 4.74 Å². The fourth-order valence-electron chi connectivity index (χ4n) is 1.46. The zero-order valence-electron chi connectivity index (χ0n) is 9.75. The molecule has 0 saturated carbocycles. The van der Waals surface area contributed by atoms with Crippen LogP contribution in [-0.2, 0) is 6.54 Å². The highest BCUT2D eigenvalue weighted by Gasteiger charge is 2.07. The van der Waals surface area contributed by atoms with Crippen LogP contribution >= 0.6 is 11.5 Å². The number of ether oxygens (including phenoxy) is 1. The SMILES string of the molecule is COc1ccc(CN(C)c2nsc(N)n2)cc1. The molecule has 2 N–H and O–H groups in total. The highest BCUT2D eigenvalue weighted by atomic mass is 32.1. The molecule has 6 heteroatoms. The standard InChI is InChI=1S/C11H14N4OS/c1-15(11-13-10(12)17-14-11)7-8-3-5-9(16-2)6-4-8/h3-6H,7H2,1-2H3,(H2,12,13,14). The fraction of sp³-hybridized carbons (Fsp3) is 0.273. The molecule has 0 aliphatic heterocycles. The first-order valence-electron chi connectivity index (χ1n) is 5.12. The molecule has 2 aromatic rings. The predicted octanol–water partition coefficient (Wildman–Crippen LogP) is 1.77. The van der Waals surface area contributed by atoms with Gasteiger partial charge in [-0.2, -0.15) is 9.36 Å². The second-order valence-corrected chi connectivity index (χ2v) is 4.42. The summed E-state index contributed by atoms with van der Waals surface area (Å²) in [6.45, 7) is 0.736. The molecule has 0 saturated heterocycles. The number of methoxy groups -OCH3 is 1. The minimum atomic E-state index is 0.488. The van der Waals surface area contributed by atoms with E-state index in [9.17, 15) is 0 Å². The third-order valence-electron chi connectivity index (χ3n) is 2.35. The summed E-state index contributed by atoms with van der Waals surface area (Å²) in [5, 5.41) is 0.488. The van der Waals surface area contributed by atoms with Crippen LogP contribution in [0, 0.1) is 0 Å². The zero-order valence-corrected chi connectivity index (χ0v) is 10.6. The highest BCUT2D eigenvalue weighted by Crippen LogP contribution is 2.17. The van der Waals surface area contributed by atoms with Crippen LogP contribution in [0.4, 0.5) is 11.1 Å². The van der Waals surface area contributed by atoms with Crippen molar-refractivity contribution >= 4 is 22.6 Å². The first kappa shape index (κ1) is 11.7. The van der Waals surface area contributed by atoms with Gasteiger partial charge < -0.3 is 15.4 Å². The van der Waals surface area contributed by atoms with Crippen molar-refractivity contribution in [3.63, 3.8) is 0 Å². The summed E-state index contributed by atoms with van der Waals surface area (Å²) in [5.74, 6) is 1.51. The number of nitrogens with two attached hydrogens (primary N) is 1. The number of anilines is 2. The first-order chi connectivity index (χ1) is 8.19. The van der Waals surface area contributed by atoms with E-state index in [2.05, 4.69) is 9.36 Å². The van der Waals surface area contributed by atoms with E-state index in [4.69, 9.17) is 10.5 Å². The molecule has 0 fully saturated rings. The predicted molar refractivity (Wildman–Crippen MR) is 69.4 cm³/mol. The van der Waals surface area contributed by atoms with Gasteiger partial charge in [0.25, 0.3) is 0 Å². The summed E-state index contributed by atoms with van der Waals surface area (Å²) in [6, 6.07) is 7.91. The third kappa shape index (κ3) is 2.85. The number of benzene rings is 1. The third-order valence-corrected chi connectivity index (χ3v) is 2.88. The number of aromatic nitrogens is 2. The summed E-state index contributed by atoms with van der Waals surface area (Å²) in [7, 11) is 3.59. The molecule has 17 heavy (non-hydrogen) atoms. The number of rotatable bonds is 4. The maximum absolute atomic E-state index is 5.55. The Labute approximate surface area is 104 Å².